The summed E-state index contributed by atoms with van der Waals surface area (Å²) in [6.45, 7) is 4.27. The van der Waals surface area contributed by atoms with E-state index in [2.05, 4.69) is 31.1 Å². The standard InChI is InChI=1S/C15H18N2O2/c1-4-10-6-7-12(8-11(10)5-2)14-9-13(15(18)19)16-17(14)3/h6-9H,4-5H2,1-3H3,(H,18,19). The van der Waals surface area contributed by atoms with E-state index in [0.717, 1.165) is 24.1 Å². The summed E-state index contributed by atoms with van der Waals surface area (Å²) in [5.74, 6) is -0.997. The van der Waals surface area contributed by atoms with Gasteiger partial charge in [0, 0.05) is 12.6 Å². The van der Waals surface area contributed by atoms with Gasteiger partial charge in [-0.2, -0.15) is 5.10 Å². The van der Waals surface area contributed by atoms with Crippen LogP contribution in [0, 0.1) is 0 Å². The van der Waals surface area contributed by atoms with E-state index in [-0.39, 0.29) is 5.69 Å². The number of aryl methyl sites for hydroxylation is 3. The van der Waals surface area contributed by atoms with Crippen molar-refractivity contribution in [3.8, 4) is 11.3 Å². The molecule has 2 aromatic rings. The average Bonchev–Trinajstić information content (AvgIpc) is 2.80. The minimum Gasteiger partial charge on any atom is -0.476 e. The molecule has 4 nitrogen and oxygen atoms in total. The SMILES string of the molecule is CCc1ccc(-c2cc(C(=O)O)nn2C)cc1CC. The first kappa shape index (κ1) is 13.3. The largest absolute Gasteiger partial charge is 0.476 e. The molecule has 0 aliphatic carbocycles. The van der Waals surface area contributed by atoms with Crippen LogP contribution in [0.25, 0.3) is 11.3 Å². The first-order valence-corrected chi connectivity index (χ1v) is 6.46. The van der Waals surface area contributed by atoms with Gasteiger partial charge in [0.2, 0.25) is 0 Å². The fraction of sp³-hybridized carbons (Fsp3) is 0.333. The lowest BCUT2D eigenvalue weighted by Crippen LogP contribution is -1.99. The van der Waals surface area contributed by atoms with Gasteiger partial charge in [0.25, 0.3) is 0 Å². The molecule has 19 heavy (non-hydrogen) atoms. The number of hydrogen-bond acceptors (Lipinski definition) is 2. The molecule has 0 saturated carbocycles. The molecule has 100 valence electrons. The normalized spacial score (nSPS) is 10.7. The van der Waals surface area contributed by atoms with Crippen molar-refractivity contribution in [2.24, 2.45) is 7.05 Å². The molecule has 0 aliphatic heterocycles. The molecule has 0 spiro atoms. The van der Waals surface area contributed by atoms with Crippen LogP contribution in [-0.4, -0.2) is 20.9 Å². The summed E-state index contributed by atoms with van der Waals surface area (Å²) in [5.41, 5.74) is 4.56. The van der Waals surface area contributed by atoms with Gasteiger partial charge in [-0.15, -0.1) is 0 Å². The van der Waals surface area contributed by atoms with Crippen LogP contribution in [-0.2, 0) is 19.9 Å². The Labute approximate surface area is 112 Å². The van der Waals surface area contributed by atoms with Crippen molar-refractivity contribution >= 4 is 5.97 Å². The minimum atomic E-state index is -0.997. The molecule has 1 heterocycles. The maximum atomic E-state index is 10.9. The fourth-order valence-electron chi connectivity index (χ4n) is 2.30. The quantitative estimate of drug-likeness (QED) is 0.917. The maximum absolute atomic E-state index is 10.9. The van der Waals surface area contributed by atoms with Crippen molar-refractivity contribution < 1.29 is 9.90 Å². The Hall–Kier alpha value is -2.10. The van der Waals surface area contributed by atoms with Crippen LogP contribution in [0.15, 0.2) is 24.3 Å². The third-order valence-corrected chi connectivity index (χ3v) is 3.36. The highest BCUT2D eigenvalue weighted by Crippen LogP contribution is 2.24. The van der Waals surface area contributed by atoms with Gasteiger partial charge in [-0.25, -0.2) is 4.79 Å². The van der Waals surface area contributed by atoms with Crippen LogP contribution in [0.3, 0.4) is 0 Å². The van der Waals surface area contributed by atoms with E-state index in [1.165, 1.54) is 11.1 Å². The molecule has 1 aromatic heterocycles. The molecule has 2 rings (SSSR count). The van der Waals surface area contributed by atoms with Crippen LogP contribution in [0.4, 0.5) is 0 Å². The highest BCUT2D eigenvalue weighted by Gasteiger charge is 2.13. The number of nitrogens with zero attached hydrogens (tertiary/aromatic N) is 2. The van der Waals surface area contributed by atoms with Gasteiger partial charge in [-0.05, 0) is 36.1 Å². The summed E-state index contributed by atoms with van der Waals surface area (Å²) >= 11 is 0. The van der Waals surface area contributed by atoms with Gasteiger partial charge < -0.3 is 5.11 Å². The van der Waals surface area contributed by atoms with E-state index >= 15 is 0 Å². The summed E-state index contributed by atoms with van der Waals surface area (Å²) in [5, 5.41) is 13.0. The predicted molar refractivity (Wildman–Crippen MR) is 74.4 cm³/mol. The number of carboxylic acid groups (broad SMARTS) is 1. The molecule has 4 heteroatoms. The second-order valence-corrected chi connectivity index (χ2v) is 4.53. The molecule has 0 aliphatic rings. The van der Waals surface area contributed by atoms with Gasteiger partial charge in [0.1, 0.15) is 0 Å². The summed E-state index contributed by atoms with van der Waals surface area (Å²) in [6, 6.07) is 7.88. The summed E-state index contributed by atoms with van der Waals surface area (Å²) in [6.07, 6.45) is 1.98. The van der Waals surface area contributed by atoms with Crippen LogP contribution in [0.2, 0.25) is 0 Å². The van der Waals surface area contributed by atoms with Crippen molar-refractivity contribution in [3.63, 3.8) is 0 Å². The van der Waals surface area contributed by atoms with Gasteiger partial charge in [-0.3, -0.25) is 4.68 Å². The maximum Gasteiger partial charge on any atom is 0.356 e. The minimum absolute atomic E-state index is 0.0788. The molecule has 0 amide bonds. The molecular weight excluding hydrogens is 240 g/mol. The van der Waals surface area contributed by atoms with E-state index in [9.17, 15) is 4.79 Å². The van der Waals surface area contributed by atoms with Crippen LogP contribution in [0.1, 0.15) is 35.5 Å². The number of aromatic carboxylic acids is 1. The topological polar surface area (TPSA) is 55.1 Å². The Bertz CT molecular complexity index is 615. The first-order valence-electron chi connectivity index (χ1n) is 6.46. The van der Waals surface area contributed by atoms with Crippen LogP contribution < -0.4 is 0 Å². The molecule has 0 fully saturated rings. The summed E-state index contributed by atoms with van der Waals surface area (Å²) < 4.78 is 1.61. The first-order chi connectivity index (χ1) is 9.06. The van der Waals surface area contributed by atoms with E-state index in [1.807, 2.05) is 6.07 Å². The molecule has 0 saturated heterocycles. The average molecular weight is 258 g/mol. The van der Waals surface area contributed by atoms with Crippen molar-refractivity contribution in [2.75, 3.05) is 0 Å². The van der Waals surface area contributed by atoms with Gasteiger partial charge in [0.05, 0.1) is 5.69 Å². The highest BCUT2D eigenvalue weighted by molar-refractivity contribution is 5.87. The smallest absolute Gasteiger partial charge is 0.356 e. The van der Waals surface area contributed by atoms with Gasteiger partial charge in [0.15, 0.2) is 5.69 Å². The Morgan fingerprint density at radius 3 is 2.42 bits per heavy atom. The number of carbonyl (C=O) groups is 1. The van der Waals surface area contributed by atoms with Gasteiger partial charge in [-0.1, -0.05) is 26.0 Å². The zero-order valence-electron chi connectivity index (χ0n) is 11.5. The van der Waals surface area contributed by atoms with E-state index in [4.69, 9.17) is 5.11 Å². The Kier molecular flexibility index (Phi) is 3.69. The second-order valence-electron chi connectivity index (χ2n) is 4.53. The number of benzene rings is 1. The third-order valence-electron chi connectivity index (χ3n) is 3.36. The zero-order chi connectivity index (χ0) is 14.0. The number of hydrogen-bond donors (Lipinski definition) is 1. The van der Waals surface area contributed by atoms with Crippen molar-refractivity contribution in [1.29, 1.82) is 0 Å². The number of carboxylic acids is 1. The molecular formula is C15H18N2O2. The Morgan fingerprint density at radius 2 is 1.89 bits per heavy atom. The van der Waals surface area contributed by atoms with Crippen molar-refractivity contribution in [2.45, 2.75) is 26.7 Å². The van der Waals surface area contributed by atoms with E-state index in [0.29, 0.717) is 0 Å². The number of rotatable bonds is 4. The molecule has 1 aromatic carbocycles. The summed E-state index contributed by atoms with van der Waals surface area (Å²) in [7, 11) is 1.77. The second kappa shape index (κ2) is 5.26. The Morgan fingerprint density at radius 1 is 1.21 bits per heavy atom. The highest BCUT2D eigenvalue weighted by atomic mass is 16.4. The molecule has 1 N–H and O–H groups in total. The third kappa shape index (κ3) is 2.52. The molecule has 0 unspecified atom stereocenters. The van der Waals surface area contributed by atoms with Crippen molar-refractivity contribution in [1.82, 2.24) is 9.78 Å². The molecule has 0 bridgehead atoms. The summed E-state index contributed by atoms with van der Waals surface area (Å²) in [4.78, 5) is 10.9. The lowest BCUT2D eigenvalue weighted by molar-refractivity contribution is 0.0689. The monoisotopic (exact) mass is 258 g/mol. The van der Waals surface area contributed by atoms with E-state index in [1.54, 1.807) is 17.8 Å². The molecule has 0 atom stereocenters. The molecule has 0 radical (unpaired) electrons. The Balaban J connectivity index is 2.50. The zero-order valence-corrected chi connectivity index (χ0v) is 11.5. The lowest BCUT2D eigenvalue weighted by Gasteiger charge is -2.09. The van der Waals surface area contributed by atoms with E-state index < -0.39 is 5.97 Å². The van der Waals surface area contributed by atoms with Gasteiger partial charge >= 0.3 is 5.97 Å². The number of aromatic nitrogens is 2. The van der Waals surface area contributed by atoms with Crippen LogP contribution in [0.5, 0.6) is 0 Å². The predicted octanol–water partition coefficient (Wildman–Crippen LogP) is 2.91. The fourth-order valence-corrected chi connectivity index (χ4v) is 2.30. The lowest BCUT2D eigenvalue weighted by atomic mass is 9.98. The van der Waals surface area contributed by atoms with Crippen molar-refractivity contribution in [3.05, 3.63) is 41.1 Å². The van der Waals surface area contributed by atoms with Crippen LogP contribution >= 0.6 is 0 Å².